The van der Waals surface area contributed by atoms with E-state index in [0.717, 1.165) is 10.5 Å². The van der Waals surface area contributed by atoms with Crippen molar-refractivity contribution in [3.63, 3.8) is 0 Å². The Hall–Kier alpha value is -3.61. The third-order valence-electron chi connectivity index (χ3n) is 4.04. The summed E-state index contributed by atoms with van der Waals surface area (Å²) in [4.78, 5) is 38.1. The molecular formula is C19H18N4O3. The second-order valence-electron chi connectivity index (χ2n) is 5.87. The number of nitrogens with zero attached hydrogens (tertiary/aromatic N) is 1. The highest BCUT2D eigenvalue weighted by molar-refractivity contribution is 6.17. The molecule has 0 saturated carbocycles. The molecule has 1 fully saturated rings. The van der Waals surface area contributed by atoms with Crippen molar-refractivity contribution in [2.24, 2.45) is 5.92 Å². The Bertz CT molecular complexity index is 879. The number of hydrogen-bond acceptors (Lipinski definition) is 5. The van der Waals surface area contributed by atoms with Crippen LogP contribution in [0.3, 0.4) is 0 Å². The average Bonchev–Trinajstić information content (AvgIpc) is 2.61. The van der Waals surface area contributed by atoms with E-state index < -0.39 is 23.8 Å². The molecule has 2 aromatic rings. The molecule has 26 heavy (non-hydrogen) atoms. The Morgan fingerprint density at radius 1 is 1.08 bits per heavy atom. The molecule has 0 unspecified atom stereocenters. The normalized spacial score (nSPS) is 17.0. The van der Waals surface area contributed by atoms with E-state index in [1.54, 1.807) is 36.4 Å². The lowest BCUT2D eigenvalue weighted by molar-refractivity contribution is -0.141. The zero-order valence-corrected chi connectivity index (χ0v) is 13.9. The number of nitrogen functional groups attached to an aromatic ring is 1. The van der Waals surface area contributed by atoms with Crippen molar-refractivity contribution in [3.05, 3.63) is 72.4 Å². The zero-order valence-electron chi connectivity index (χ0n) is 13.9. The second kappa shape index (κ2) is 7.10. The van der Waals surface area contributed by atoms with Gasteiger partial charge in [-0.3, -0.25) is 19.8 Å². The topological polar surface area (TPSA) is 105 Å². The quantitative estimate of drug-likeness (QED) is 0.566. The number of nitrogens with one attached hydrogen (secondary N) is 2. The van der Waals surface area contributed by atoms with Crippen LogP contribution in [0.5, 0.6) is 0 Å². The number of para-hydroxylation sites is 2. The lowest BCUT2D eigenvalue weighted by Gasteiger charge is -2.31. The van der Waals surface area contributed by atoms with Gasteiger partial charge in [-0.05, 0) is 17.7 Å². The maximum atomic E-state index is 12.8. The second-order valence-corrected chi connectivity index (χ2v) is 5.87. The summed E-state index contributed by atoms with van der Waals surface area (Å²) in [6.45, 7) is 3.86. The molecule has 132 valence electrons. The van der Waals surface area contributed by atoms with Crippen molar-refractivity contribution in [1.82, 2.24) is 10.2 Å². The van der Waals surface area contributed by atoms with Crippen molar-refractivity contribution in [1.29, 1.82) is 0 Å². The fraction of sp³-hybridized carbons (Fsp3) is 0.105. The number of carbonyl (C=O) groups excluding carboxylic acids is 3. The molecule has 0 aliphatic carbocycles. The number of barbiturate groups is 1. The summed E-state index contributed by atoms with van der Waals surface area (Å²) in [6.07, 6.45) is 0. The van der Waals surface area contributed by atoms with Gasteiger partial charge in [-0.15, -0.1) is 0 Å². The van der Waals surface area contributed by atoms with Crippen LogP contribution in [0.25, 0.3) is 0 Å². The van der Waals surface area contributed by atoms with Gasteiger partial charge in [0.05, 0.1) is 17.9 Å². The molecule has 7 nitrogen and oxygen atoms in total. The first-order valence-electron chi connectivity index (χ1n) is 7.98. The first-order chi connectivity index (χ1) is 12.5. The molecule has 1 saturated heterocycles. The Kier molecular flexibility index (Phi) is 4.70. The fourth-order valence-electron chi connectivity index (χ4n) is 2.69. The summed E-state index contributed by atoms with van der Waals surface area (Å²) >= 11 is 0. The molecule has 4 N–H and O–H groups in total. The van der Waals surface area contributed by atoms with Crippen molar-refractivity contribution in [3.8, 4) is 0 Å². The van der Waals surface area contributed by atoms with Crippen LogP contribution < -0.4 is 16.4 Å². The van der Waals surface area contributed by atoms with Gasteiger partial charge in [0.15, 0.2) is 5.92 Å². The number of urea groups is 1. The van der Waals surface area contributed by atoms with Crippen molar-refractivity contribution < 1.29 is 14.4 Å². The number of hydrogen-bond donors (Lipinski definition) is 3. The summed E-state index contributed by atoms with van der Waals surface area (Å²) in [6, 6.07) is 15.2. The van der Waals surface area contributed by atoms with Crippen LogP contribution in [0.1, 0.15) is 5.56 Å². The molecule has 1 aliphatic rings. The van der Waals surface area contributed by atoms with Gasteiger partial charge in [-0.25, -0.2) is 4.79 Å². The molecule has 1 atom stereocenters. The van der Waals surface area contributed by atoms with Gasteiger partial charge in [0, 0.05) is 5.70 Å². The summed E-state index contributed by atoms with van der Waals surface area (Å²) in [5.74, 6) is -2.57. The largest absolute Gasteiger partial charge is 0.397 e. The highest BCUT2D eigenvalue weighted by atomic mass is 16.2. The standard InChI is InChI=1S/C19H18N4O3/c1-12(21-15-10-6-5-9-14(15)20)16-17(24)22-19(26)23(18(16)25)11-13-7-3-2-4-8-13/h2-10,16,21H,1,11,20H2,(H,22,24,26)/t16-/m0/s1. The van der Waals surface area contributed by atoms with E-state index in [1.807, 2.05) is 18.2 Å². The number of imide groups is 2. The molecule has 3 rings (SSSR count). The first-order valence-corrected chi connectivity index (χ1v) is 7.98. The highest BCUT2D eigenvalue weighted by Crippen LogP contribution is 2.24. The molecule has 4 amide bonds. The third kappa shape index (κ3) is 3.41. The van der Waals surface area contributed by atoms with E-state index in [1.165, 1.54) is 0 Å². The van der Waals surface area contributed by atoms with Crippen LogP contribution in [0.15, 0.2) is 66.9 Å². The minimum absolute atomic E-state index is 0.0655. The molecule has 1 aliphatic heterocycles. The van der Waals surface area contributed by atoms with Crippen LogP contribution in [-0.4, -0.2) is 22.7 Å². The minimum Gasteiger partial charge on any atom is -0.397 e. The van der Waals surface area contributed by atoms with Crippen LogP contribution in [0.2, 0.25) is 0 Å². The van der Waals surface area contributed by atoms with E-state index in [0.29, 0.717) is 11.4 Å². The Balaban J connectivity index is 1.81. The molecule has 1 heterocycles. The van der Waals surface area contributed by atoms with Crippen molar-refractivity contribution in [2.75, 3.05) is 11.1 Å². The number of anilines is 2. The van der Waals surface area contributed by atoms with Crippen LogP contribution in [0.4, 0.5) is 16.2 Å². The minimum atomic E-state index is -1.23. The molecule has 0 radical (unpaired) electrons. The molecule has 2 aromatic carbocycles. The van der Waals surface area contributed by atoms with Crippen LogP contribution in [-0.2, 0) is 16.1 Å². The van der Waals surface area contributed by atoms with Crippen molar-refractivity contribution in [2.45, 2.75) is 6.54 Å². The zero-order chi connectivity index (χ0) is 18.7. The first kappa shape index (κ1) is 17.2. The van der Waals surface area contributed by atoms with E-state index in [-0.39, 0.29) is 12.2 Å². The number of nitrogens with two attached hydrogens (primary N) is 1. The average molecular weight is 350 g/mol. The highest BCUT2D eigenvalue weighted by Gasteiger charge is 2.42. The maximum Gasteiger partial charge on any atom is 0.331 e. The van der Waals surface area contributed by atoms with Crippen LogP contribution in [0, 0.1) is 5.92 Å². The van der Waals surface area contributed by atoms with E-state index >= 15 is 0 Å². The van der Waals surface area contributed by atoms with Crippen molar-refractivity contribution >= 4 is 29.2 Å². The summed E-state index contributed by atoms with van der Waals surface area (Å²) in [5.41, 5.74) is 7.77. The smallest absolute Gasteiger partial charge is 0.331 e. The molecule has 0 bridgehead atoms. The van der Waals surface area contributed by atoms with Gasteiger partial charge in [-0.2, -0.15) is 0 Å². The monoisotopic (exact) mass is 350 g/mol. The molecule has 0 spiro atoms. The number of rotatable bonds is 5. The number of benzene rings is 2. The third-order valence-corrected chi connectivity index (χ3v) is 4.04. The van der Waals surface area contributed by atoms with Gasteiger partial charge >= 0.3 is 6.03 Å². The van der Waals surface area contributed by atoms with Gasteiger partial charge in [-0.1, -0.05) is 49.0 Å². The molecule has 0 aromatic heterocycles. The summed E-state index contributed by atoms with van der Waals surface area (Å²) in [7, 11) is 0. The predicted molar refractivity (Wildman–Crippen MR) is 97.6 cm³/mol. The van der Waals surface area contributed by atoms with Gasteiger partial charge in [0.1, 0.15) is 0 Å². The fourth-order valence-corrected chi connectivity index (χ4v) is 2.69. The van der Waals surface area contributed by atoms with Gasteiger partial charge in [0.2, 0.25) is 11.8 Å². The number of amides is 4. The number of carbonyl (C=O) groups is 3. The van der Waals surface area contributed by atoms with Crippen LogP contribution >= 0.6 is 0 Å². The van der Waals surface area contributed by atoms with Gasteiger partial charge < -0.3 is 11.1 Å². The van der Waals surface area contributed by atoms with E-state index in [9.17, 15) is 14.4 Å². The van der Waals surface area contributed by atoms with Gasteiger partial charge in [0.25, 0.3) is 0 Å². The lowest BCUT2D eigenvalue weighted by atomic mass is 10.0. The van der Waals surface area contributed by atoms with E-state index in [4.69, 9.17) is 5.73 Å². The maximum absolute atomic E-state index is 12.8. The summed E-state index contributed by atoms with van der Waals surface area (Å²) < 4.78 is 0. The predicted octanol–water partition coefficient (Wildman–Crippen LogP) is 2.09. The lowest BCUT2D eigenvalue weighted by Crippen LogP contribution is -2.58. The Labute approximate surface area is 150 Å². The Morgan fingerprint density at radius 2 is 1.73 bits per heavy atom. The molecular weight excluding hydrogens is 332 g/mol. The summed E-state index contributed by atoms with van der Waals surface area (Å²) in [5, 5.41) is 5.11. The SMILES string of the molecule is C=C(Nc1ccccc1N)[C@H]1C(=O)NC(=O)N(Cc2ccccc2)C1=O. The van der Waals surface area contributed by atoms with E-state index in [2.05, 4.69) is 17.2 Å². The molecule has 7 heteroatoms. The Morgan fingerprint density at radius 3 is 2.42 bits per heavy atom.